The van der Waals surface area contributed by atoms with Crippen LogP contribution in [-0.2, 0) is 13.6 Å². The van der Waals surface area contributed by atoms with E-state index in [2.05, 4.69) is 32.0 Å². The zero-order valence-electron chi connectivity index (χ0n) is 10.3. The number of nitrogens with zero attached hydrogens (tertiary/aromatic N) is 4. The summed E-state index contributed by atoms with van der Waals surface area (Å²) >= 11 is 3.42. The van der Waals surface area contributed by atoms with Crippen molar-refractivity contribution in [2.24, 2.45) is 7.05 Å². The Morgan fingerprint density at radius 1 is 1.44 bits per heavy atom. The number of aromatic nitrogens is 2. The first kappa shape index (κ1) is 12.7. The van der Waals surface area contributed by atoms with E-state index < -0.39 is 0 Å². The fraction of sp³-hybridized carbons (Fsp3) is 0.231. The molecule has 0 fully saturated rings. The van der Waals surface area contributed by atoms with Crippen molar-refractivity contribution >= 4 is 21.6 Å². The highest BCUT2D eigenvalue weighted by Crippen LogP contribution is 2.23. The molecule has 0 saturated heterocycles. The van der Waals surface area contributed by atoms with Gasteiger partial charge in [-0.25, -0.2) is 0 Å². The van der Waals surface area contributed by atoms with Crippen molar-refractivity contribution in [2.75, 3.05) is 11.9 Å². The fourth-order valence-corrected chi connectivity index (χ4v) is 2.26. The topological polar surface area (TPSA) is 44.9 Å². The second-order valence-corrected chi connectivity index (χ2v) is 5.10. The predicted molar refractivity (Wildman–Crippen MR) is 74.2 cm³/mol. The van der Waals surface area contributed by atoms with Gasteiger partial charge in [0.2, 0.25) is 0 Å². The zero-order chi connectivity index (χ0) is 13.1. The van der Waals surface area contributed by atoms with Crippen LogP contribution in [0.3, 0.4) is 0 Å². The van der Waals surface area contributed by atoms with E-state index in [1.807, 2.05) is 38.6 Å². The summed E-state index contributed by atoms with van der Waals surface area (Å²) in [6.07, 6.45) is 3.83. The van der Waals surface area contributed by atoms with E-state index in [1.54, 1.807) is 10.7 Å². The molecule has 0 saturated carbocycles. The van der Waals surface area contributed by atoms with E-state index in [9.17, 15) is 0 Å². The van der Waals surface area contributed by atoms with Gasteiger partial charge >= 0.3 is 0 Å². The van der Waals surface area contributed by atoms with Crippen LogP contribution < -0.4 is 4.90 Å². The van der Waals surface area contributed by atoms with Gasteiger partial charge in [-0.05, 0) is 18.2 Å². The summed E-state index contributed by atoms with van der Waals surface area (Å²) in [5.41, 5.74) is 2.79. The maximum absolute atomic E-state index is 8.96. The minimum Gasteiger partial charge on any atom is -0.370 e. The molecule has 0 amide bonds. The molecule has 2 rings (SSSR count). The quantitative estimate of drug-likeness (QED) is 0.876. The second-order valence-electron chi connectivity index (χ2n) is 4.19. The smallest absolute Gasteiger partial charge is 0.0992 e. The zero-order valence-corrected chi connectivity index (χ0v) is 11.8. The first-order valence-corrected chi connectivity index (χ1v) is 6.27. The largest absolute Gasteiger partial charge is 0.370 e. The molecule has 0 bridgehead atoms. The van der Waals surface area contributed by atoms with Crippen molar-refractivity contribution in [1.29, 1.82) is 5.26 Å². The molecule has 5 heteroatoms. The van der Waals surface area contributed by atoms with Crippen LogP contribution in [0.1, 0.15) is 11.1 Å². The first-order valence-electron chi connectivity index (χ1n) is 5.48. The van der Waals surface area contributed by atoms with Gasteiger partial charge in [0.1, 0.15) is 0 Å². The molecule has 2 aromatic rings. The molecule has 0 spiro atoms. The molecule has 0 N–H and O–H groups in total. The van der Waals surface area contributed by atoms with Crippen LogP contribution in [-0.4, -0.2) is 16.8 Å². The molecular formula is C13H13BrN4. The van der Waals surface area contributed by atoms with E-state index in [0.717, 1.165) is 22.3 Å². The molecule has 0 radical (unpaired) electrons. The Labute approximate surface area is 115 Å². The number of benzene rings is 1. The van der Waals surface area contributed by atoms with Gasteiger partial charge in [-0.15, -0.1) is 0 Å². The van der Waals surface area contributed by atoms with E-state index >= 15 is 0 Å². The summed E-state index contributed by atoms with van der Waals surface area (Å²) in [5, 5.41) is 13.1. The van der Waals surface area contributed by atoms with Crippen LogP contribution in [0.15, 0.2) is 35.1 Å². The van der Waals surface area contributed by atoms with Gasteiger partial charge in [-0.2, -0.15) is 10.4 Å². The van der Waals surface area contributed by atoms with Gasteiger partial charge < -0.3 is 4.90 Å². The average Bonchev–Trinajstić information content (AvgIpc) is 2.73. The number of hydrogen-bond donors (Lipinski definition) is 0. The summed E-state index contributed by atoms with van der Waals surface area (Å²) in [6, 6.07) is 7.84. The molecule has 18 heavy (non-hydrogen) atoms. The summed E-state index contributed by atoms with van der Waals surface area (Å²) < 4.78 is 2.69. The van der Waals surface area contributed by atoms with Gasteiger partial charge in [-0.1, -0.05) is 15.9 Å². The average molecular weight is 305 g/mol. The van der Waals surface area contributed by atoms with Crippen LogP contribution in [0, 0.1) is 11.3 Å². The lowest BCUT2D eigenvalue weighted by molar-refractivity contribution is 0.766. The molecule has 0 aliphatic heterocycles. The van der Waals surface area contributed by atoms with Crippen molar-refractivity contribution in [1.82, 2.24) is 9.78 Å². The molecule has 92 valence electrons. The van der Waals surface area contributed by atoms with Crippen molar-refractivity contribution < 1.29 is 0 Å². The SMILES string of the molecule is CN(Cc1cnn(C)c1)c1cc(Br)cc(C#N)c1. The lowest BCUT2D eigenvalue weighted by Crippen LogP contribution is -2.16. The van der Waals surface area contributed by atoms with Crippen molar-refractivity contribution in [3.63, 3.8) is 0 Å². The van der Waals surface area contributed by atoms with Crippen molar-refractivity contribution in [2.45, 2.75) is 6.54 Å². The molecular weight excluding hydrogens is 292 g/mol. The Balaban J connectivity index is 2.21. The molecule has 0 aliphatic carbocycles. The minimum atomic E-state index is 0.650. The first-order chi connectivity index (χ1) is 8.58. The van der Waals surface area contributed by atoms with Gasteiger partial charge in [0.05, 0.1) is 17.8 Å². The van der Waals surface area contributed by atoms with E-state index in [4.69, 9.17) is 5.26 Å². The fourth-order valence-electron chi connectivity index (χ4n) is 1.78. The van der Waals surface area contributed by atoms with E-state index in [1.165, 1.54) is 0 Å². The highest BCUT2D eigenvalue weighted by Gasteiger charge is 2.06. The predicted octanol–water partition coefficient (Wildman–Crippen LogP) is 2.69. The number of aryl methyl sites for hydroxylation is 1. The Morgan fingerprint density at radius 2 is 2.22 bits per heavy atom. The van der Waals surface area contributed by atoms with Crippen LogP contribution >= 0.6 is 15.9 Å². The second kappa shape index (κ2) is 5.23. The maximum atomic E-state index is 8.96. The third-order valence-electron chi connectivity index (χ3n) is 2.63. The minimum absolute atomic E-state index is 0.650. The Morgan fingerprint density at radius 3 is 2.83 bits per heavy atom. The van der Waals surface area contributed by atoms with Gasteiger partial charge in [0.15, 0.2) is 0 Å². The Kier molecular flexibility index (Phi) is 3.68. The molecule has 1 aromatic carbocycles. The molecule has 4 nitrogen and oxygen atoms in total. The van der Waals surface area contributed by atoms with Crippen molar-refractivity contribution in [3.8, 4) is 6.07 Å². The van der Waals surface area contributed by atoms with Crippen molar-refractivity contribution in [3.05, 3.63) is 46.2 Å². The van der Waals surface area contributed by atoms with Gasteiger partial charge in [0, 0.05) is 42.6 Å². The number of anilines is 1. The third kappa shape index (κ3) is 2.90. The molecule has 1 heterocycles. The maximum Gasteiger partial charge on any atom is 0.0992 e. The lowest BCUT2D eigenvalue weighted by atomic mass is 10.2. The van der Waals surface area contributed by atoms with E-state index in [-0.39, 0.29) is 0 Å². The molecule has 0 aliphatic rings. The third-order valence-corrected chi connectivity index (χ3v) is 3.09. The molecule has 0 unspecified atom stereocenters. The van der Waals surface area contributed by atoms with Crippen LogP contribution in [0.4, 0.5) is 5.69 Å². The van der Waals surface area contributed by atoms with Crippen LogP contribution in [0.2, 0.25) is 0 Å². The highest BCUT2D eigenvalue weighted by molar-refractivity contribution is 9.10. The highest BCUT2D eigenvalue weighted by atomic mass is 79.9. The number of rotatable bonds is 3. The Bertz CT molecular complexity index is 597. The van der Waals surface area contributed by atoms with Gasteiger partial charge in [0.25, 0.3) is 0 Å². The summed E-state index contributed by atoms with van der Waals surface area (Å²) in [5.74, 6) is 0. The van der Waals surface area contributed by atoms with Gasteiger partial charge in [-0.3, -0.25) is 4.68 Å². The summed E-state index contributed by atoms with van der Waals surface area (Å²) in [4.78, 5) is 2.09. The number of hydrogen-bond acceptors (Lipinski definition) is 3. The van der Waals surface area contributed by atoms with Crippen LogP contribution in [0.25, 0.3) is 0 Å². The monoisotopic (exact) mass is 304 g/mol. The van der Waals surface area contributed by atoms with Crippen LogP contribution in [0.5, 0.6) is 0 Å². The standard InChI is InChI=1S/C13H13BrN4/c1-17(8-11-7-16-18(2)9-11)13-4-10(6-15)3-12(14)5-13/h3-5,7,9H,8H2,1-2H3. The summed E-state index contributed by atoms with van der Waals surface area (Å²) in [7, 11) is 3.90. The number of halogens is 1. The lowest BCUT2D eigenvalue weighted by Gasteiger charge is -2.19. The normalized spacial score (nSPS) is 10.1. The Hall–Kier alpha value is -1.80. The molecule has 0 atom stereocenters. The molecule has 1 aromatic heterocycles. The summed E-state index contributed by atoms with van der Waals surface area (Å²) in [6.45, 7) is 0.759. The number of nitriles is 1. The van der Waals surface area contributed by atoms with E-state index in [0.29, 0.717) is 5.56 Å².